The fourth-order valence-corrected chi connectivity index (χ4v) is 2.12. The first-order chi connectivity index (χ1) is 11.9. The van der Waals surface area contributed by atoms with Crippen LogP contribution in [0.1, 0.15) is 48.5 Å². The van der Waals surface area contributed by atoms with Gasteiger partial charge in [-0.25, -0.2) is 0 Å². The quantitative estimate of drug-likeness (QED) is 0.351. The van der Waals surface area contributed by atoms with Crippen LogP contribution >= 0.6 is 31.9 Å². The Morgan fingerprint density at radius 3 is 1.22 bits per heavy atom. The summed E-state index contributed by atoms with van der Waals surface area (Å²) < 4.78 is -1.55. The Kier molecular flexibility index (Phi) is 9.45. The Hall–Kier alpha value is -0.670. The van der Waals surface area contributed by atoms with Gasteiger partial charge in [-0.3, -0.25) is 14.4 Å². The van der Waals surface area contributed by atoms with Gasteiger partial charge in [-0.15, -0.1) is 0 Å². The number of aliphatic hydroxyl groups is 1. The maximum atomic E-state index is 12.2. The van der Waals surface area contributed by atoms with E-state index in [1.807, 2.05) is 0 Å². The van der Waals surface area contributed by atoms with E-state index in [-0.39, 0.29) is 44.0 Å². The average Bonchev–Trinajstić information content (AvgIpc) is 2.50. The highest BCUT2D eigenvalue weighted by molar-refractivity contribution is 9.10. The molecule has 0 aliphatic rings. The summed E-state index contributed by atoms with van der Waals surface area (Å²) in [6.07, 6.45) is 0. The molecule has 0 aliphatic heterocycles. The number of rotatable bonds is 9. The summed E-state index contributed by atoms with van der Waals surface area (Å²) in [5, 5.41) is 18.4. The molecule has 158 valence electrons. The van der Waals surface area contributed by atoms with Crippen molar-refractivity contribution in [3.05, 3.63) is 0 Å². The molecule has 0 saturated heterocycles. The zero-order chi connectivity index (χ0) is 21.7. The first-order valence-electron chi connectivity index (χ1n) is 8.78. The molecule has 0 spiro atoms. The van der Waals surface area contributed by atoms with Crippen LogP contribution in [-0.2, 0) is 14.4 Å². The van der Waals surface area contributed by atoms with E-state index in [1.54, 1.807) is 48.5 Å². The van der Waals surface area contributed by atoms with Crippen LogP contribution in [0.25, 0.3) is 0 Å². The van der Waals surface area contributed by atoms with E-state index in [4.69, 9.17) is 0 Å². The lowest BCUT2D eigenvalue weighted by Crippen LogP contribution is -2.56. The van der Waals surface area contributed by atoms with Crippen molar-refractivity contribution in [3.8, 4) is 0 Å². The topological polar surface area (TPSA) is 108 Å². The molecule has 0 rings (SSSR count). The molecule has 0 atom stereocenters. The van der Waals surface area contributed by atoms with Crippen molar-refractivity contribution in [1.29, 1.82) is 0 Å². The fourth-order valence-electron chi connectivity index (χ4n) is 1.84. The van der Waals surface area contributed by atoms with Crippen LogP contribution in [0.4, 0.5) is 0 Å². The second-order valence-corrected chi connectivity index (χ2v) is 12.9. The van der Waals surface area contributed by atoms with Gasteiger partial charge in [0.05, 0.1) is 15.3 Å². The largest absolute Gasteiger partial charge is 0.396 e. The highest BCUT2D eigenvalue weighted by Crippen LogP contribution is 2.21. The predicted octanol–water partition coefficient (Wildman–Crippen LogP) is 1.71. The predicted molar refractivity (Wildman–Crippen MR) is 114 cm³/mol. The van der Waals surface area contributed by atoms with Gasteiger partial charge in [0.15, 0.2) is 0 Å². The minimum absolute atomic E-state index is 0.0881. The van der Waals surface area contributed by atoms with Crippen molar-refractivity contribution in [2.75, 3.05) is 26.2 Å². The molecule has 27 heavy (non-hydrogen) atoms. The number of alkyl halides is 2. The van der Waals surface area contributed by atoms with Gasteiger partial charge in [0.1, 0.15) is 0 Å². The maximum absolute atomic E-state index is 12.2. The third-order valence-electron chi connectivity index (χ3n) is 3.97. The van der Waals surface area contributed by atoms with Gasteiger partial charge in [0, 0.05) is 30.5 Å². The van der Waals surface area contributed by atoms with Crippen molar-refractivity contribution in [2.24, 2.45) is 10.8 Å². The number of aliphatic hydroxyl groups excluding tert-OH is 1. The molecule has 0 radical (unpaired) electrons. The molecule has 0 bridgehead atoms. The first-order valence-corrected chi connectivity index (χ1v) is 10.4. The van der Waals surface area contributed by atoms with Gasteiger partial charge < -0.3 is 21.1 Å². The van der Waals surface area contributed by atoms with Crippen LogP contribution in [0.15, 0.2) is 0 Å². The van der Waals surface area contributed by atoms with E-state index in [0.717, 1.165) is 0 Å². The summed E-state index contributed by atoms with van der Waals surface area (Å²) in [5.41, 5.74) is -1.54. The highest BCUT2D eigenvalue weighted by atomic mass is 79.9. The number of amides is 3. The smallest absolute Gasteiger partial charge is 0.236 e. The Labute approximate surface area is 179 Å². The van der Waals surface area contributed by atoms with E-state index in [0.29, 0.717) is 0 Å². The number of hydrogen-bond acceptors (Lipinski definition) is 4. The summed E-state index contributed by atoms with van der Waals surface area (Å²) >= 11 is 6.58. The van der Waals surface area contributed by atoms with E-state index in [2.05, 4.69) is 47.8 Å². The second-order valence-electron chi connectivity index (χ2n) is 8.90. The van der Waals surface area contributed by atoms with Crippen LogP contribution in [0.3, 0.4) is 0 Å². The molecule has 4 N–H and O–H groups in total. The van der Waals surface area contributed by atoms with Gasteiger partial charge in [0.25, 0.3) is 0 Å². The lowest BCUT2D eigenvalue weighted by molar-refractivity contribution is -0.129. The zero-order valence-electron chi connectivity index (χ0n) is 17.3. The standard InChI is InChI=1S/C18H33Br2N3O4/c1-15(2,3)12(25)21-8-18(11-24,9-22-13(26)16(4,5)19)10-23-14(27)17(6,7)20/h24H,8-11H2,1-7H3,(H,21,25)(H,22,26)(H,23,27). The Bertz CT molecular complexity index is 472. The van der Waals surface area contributed by atoms with Gasteiger partial charge in [-0.1, -0.05) is 52.6 Å². The Morgan fingerprint density at radius 1 is 0.704 bits per heavy atom. The van der Waals surface area contributed by atoms with Crippen molar-refractivity contribution in [1.82, 2.24) is 16.0 Å². The molecule has 9 heteroatoms. The number of halogens is 2. The molecule has 0 aliphatic carbocycles. The first kappa shape index (κ1) is 26.3. The SMILES string of the molecule is CC(C)(C)C(=O)NCC(CO)(CNC(=O)C(C)(C)Br)CNC(=O)C(C)(C)Br. The number of nitrogens with one attached hydrogen (secondary N) is 3. The third-order valence-corrected chi connectivity index (χ3v) is 4.69. The summed E-state index contributed by atoms with van der Waals surface area (Å²) in [6.45, 7) is 12.1. The maximum Gasteiger partial charge on any atom is 0.236 e. The minimum atomic E-state index is -0.942. The summed E-state index contributed by atoms with van der Waals surface area (Å²) in [6, 6.07) is 0. The fraction of sp³-hybridized carbons (Fsp3) is 0.833. The monoisotopic (exact) mass is 513 g/mol. The van der Waals surface area contributed by atoms with Crippen molar-refractivity contribution < 1.29 is 19.5 Å². The molecule has 0 aromatic rings. The molecule has 0 saturated carbocycles. The molecule has 0 fully saturated rings. The highest BCUT2D eigenvalue weighted by Gasteiger charge is 2.36. The van der Waals surface area contributed by atoms with Gasteiger partial charge in [-0.05, 0) is 27.7 Å². The molecule has 0 aromatic carbocycles. The molecule has 0 aromatic heterocycles. The minimum Gasteiger partial charge on any atom is -0.396 e. The lowest BCUT2D eigenvalue weighted by Gasteiger charge is -2.35. The van der Waals surface area contributed by atoms with Crippen molar-refractivity contribution >= 4 is 49.6 Å². The summed E-state index contributed by atoms with van der Waals surface area (Å²) in [4.78, 5) is 36.6. The average molecular weight is 515 g/mol. The lowest BCUT2D eigenvalue weighted by atomic mass is 9.87. The van der Waals surface area contributed by atoms with Crippen LogP contribution < -0.4 is 16.0 Å². The number of carbonyl (C=O) groups is 3. The van der Waals surface area contributed by atoms with Crippen molar-refractivity contribution in [2.45, 2.75) is 57.1 Å². The van der Waals surface area contributed by atoms with E-state index >= 15 is 0 Å². The molecule has 3 amide bonds. The number of hydrogen-bond donors (Lipinski definition) is 4. The van der Waals surface area contributed by atoms with Crippen molar-refractivity contribution in [3.63, 3.8) is 0 Å². The van der Waals surface area contributed by atoms with Gasteiger partial charge in [-0.2, -0.15) is 0 Å². The molecular weight excluding hydrogens is 482 g/mol. The van der Waals surface area contributed by atoms with E-state index in [9.17, 15) is 19.5 Å². The van der Waals surface area contributed by atoms with E-state index in [1.165, 1.54) is 0 Å². The number of carbonyl (C=O) groups excluding carboxylic acids is 3. The molecule has 0 unspecified atom stereocenters. The van der Waals surface area contributed by atoms with Gasteiger partial charge >= 0.3 is 0 Å². The molecule has 7 nitrogen and oxygen atoms in total. The van der Waals surface area contributed by atoms with Gasteiger partial charge in [0.2, 0.25) is 17.7 Å². The van der Waals surface area contributed by atoms with Crippen LogP contribution in [0, 0.1) is 10.8 Å². The van der Waals surface area contributed by atoms with Crippen LogP contribution in [-0.4, -0.2) is 57.7 Å². The second kappa shape index (κ2) is 9.69. The van der Waals surface area contributed by atoms with Crippen LogP contribution in [0.5, 0.6) is 0 Å². The normalized spacial score (nSPS) is 13.1. The molecular formula is C18H33Br2N3O4. The van der Waals surface area contributed by atoms with Crippen LogP contribution in [0.2, 0.25) is 0 Å². The Morgan fingerprint density at radius 2 is 1.00 bits per heavy atom. The zero-order valence-corrected chi connectivity index (χ0v) is 20.4. The molecule has 0 heterocycles. The van der Waals surface area contributed by atoms with E-state index < -0.39 is 19.5 Å². The summed E-state index contributed by atoms with van der Waals surface area (Å²) in [7, 11) is 0. The summed E-state index contributed by atoms with van der Waals surface area (Å²) in [5.74, 6) is -0.691. The third kappa shape index (κ3) is 9.38. The Balaban J connectivity index is 5.32.